The van der Waals surface area contributed by atoms with Crippen LogP contribution in [0.4, 0.5) is 0 Å². The highest BCUT2D eigenvalue weighted by Gasteiger charge is 2.36. The molecule has 0 aromatic carbocycles. The maximum absolute atomic E-state index is 9.61. The smallest absolute Gasteiger partial charge is 0.0557 e. The van der Waals surface area contributed by atoms with Crippen LogP contribution in [0.15, 0.2) is 0 Å². The lowest BCUT2D eigenvalue weighted by Gasteiger charge is -2.36. The fourth-order valence-electron chi connectivity index (χ4n) is 2.60. The molecule has 0 bridgehead atoms. The predicted molar refractivity (Wildman–Crippen MR) is 70.2 cm³/mol. The molecule has 2 unspecified atom stereocenters. The molecule has 1 aliphatic heterocycles. The number of ether oxygens (including phenoxy) is 1. The van der Waals surface area contributed by atoms with Gasteiger partial charge in [0.05, 0.1) is 13.2 Å². The van der Waals surface area contributed by atoms with Crippen LogP contribution in [0.5, 0.6) is 0 Å². The molecule has 1 rings (SSSR count). The Bertz CT molecular complexity index is 215. The van der Waals surface area contributed by atoms with Crippen molar-refractivity contribution in [2.75, 3.05) is 53.6 Å². The molecule has 0 spiro atoms. The van der Waals surface area contributed by atoms with Gasteiger partial charge in [-0.3, -0.25) is 4.90 Å². The van der Waals surface area contributed by atoms with Gasteiger partial charge >= 0.3 is 0 Å². The number of aliphatic hydroxyl groups is 1. The molecule has 4 nitrogen and oxygen atoms in total. The van der Waals surface area contributed by atoms with E-state index >= 15 is 0 Å². The van der Waals surface area contributed by atoms with Crippen LogP contribution >= 0.6 is 0 Å². The Balaban J connectivity index is 2.55. The summed E-state index contributed by atoms with van der Waals surface area (Å²) in [5.41, 5.74) is -0.0312. The fraction of sp³-hybridized carbons (Fsp3) is 1.00. The highest BCUT2D eigenvalue weighted by atomic mass is 16.5. The summed E-state index contributed by atoms with van der Waals surface area (Å²) in [4.78, 5) is 4.66. The summed E-state index contributed by atoms with van der Waals surface area (Å²) in [6.07, 6.45) is 0.981. The van der Waals surface area contributed by atoms with Crippen LogP contribution in [0.3, 0.4) is 0 Å². The normalized spacial score (nSPS) is 27.0. The van der Waals surface area contributed by atoms with Gasteiger partial charge in [-0.2, -0.15) is 0 Å². The molecule has 1 aliphatic rings. The summed E-state index contributed by atoms with van der Waals surface area (Å²) in [6.45, 7) is 9.19. The summed E-state index contributed by atoms with van der Waals surface area (Å²) >= 11 is 0. The third-order valence-electron chi connectivity index (χ3n) is 3.72. The van der Waals surface area contributed by atoms with E-state index in [1.807, 2.05) is 0 Å². The Morgan fingerprint density at radius 1 is 1.41 bits per heavy atom. The van der Waals surface area contributed by atoms with Crippen LogP contribution in [0, 0.1) is 5.41 Å². The Kier molecular flexibility index (Phi) is 5.86. The Labute approximate surface area is 106 Å². The number of nitrogens with zero attached hydrogens (tertiary/aromatic N) is 2. The first-order chi connectivity index (χ1) is 8.03. The molecular weight excluding hydrogens is 216 g/mol. The first-order valence-electron chi connectivity index (χ1n) is 6.60. The topological polar surface area (TPSA) is 35.9 Å². The monoisotopic (exact) mass is 244 g/mol. The SMILES string of the molecule is CCN(CC1(CO)CCOC1)C(C)CN(C)C. The van der Waals surface area contributed by atoms with Crippen molar-refractivity contribution >= 4 is 0 Å². The van der Waals surface area contributed by atoms with Gasteiger partial charge in [-0.15, -0.1) is 0 Å². The number of rotatable bonds is 7. The largest absolute Gasteiger partial charge is 0.396 e. The molecule has 0 radical (unpaired) electrons. The first kappa shape index (κ1) is 14.9. The predicted octanol–water partition coefficient (Wildman–Crippen LogP) is 0.657. The number of likely N-dealkylation sites (N-methyl/N-ethyl adjacent to an activating group) is 2. The van der Waals surface area contributed by atoms with Crippen LogP contribution in [0.25, 0.3) is 0 Å². The van der Waals surface area contributed by atoms with Gasteiger partial charge in [-0.1, -0.05) is 6.92 Å². The van der Waals surface area contributed by atoms with E-state index in [2.05, 4.69) is 37.7 Å². The summed E-state index contributed by atoms with van der Waals surface area (Å²) < 4.78 is 5.46. The molecule has 0 saturated carbocycles. The van der Waals surface area contributed by atoms with Crippen molar-refractivity contribution in [1.82, 2.24) is 9.80 Å². The van der Waals surface area contributed by atoms with Gasteiger partial charge in [0.1, 0.15) is 0 Å². The van der Waals surface area contributed by atoms with E-state index in [4.69, 9.17) is 4.74 Å². The van der Waals surface area contributed by atoms with Crippen molar-refractivity contribution in [2.24, 2.45) is 5.41 Å². The standard InChI is InChI=1S/C13H28N2O2/c1-5-15(12(2)8-14(3)4)9-13(10-16)6-7-17-11-13/h12,16H,5-11H2,1-4H3. The van der Waals surface area contributed by atoms with Crippen LogP contribution in [0.2, 0.25) is 0 Å². The molecule has 0 amide bonds. The minimum Gasteiger partial charge on any atom is -0.396 e. The van der Waals surface area contributed by atoms with Crippen LogP contribution in [-0.4, -0.2) is 74.5 Å². The van der Waals surface area contributed by atoms with Crippen LogP contribution in [0.1, 0.15) is 20.3 Å². The van der Waals surface area contributed by atoms with Gasteiger partial charge < -0.3 is 14.7 Å². The molecule has 1 saturated heterocycles. The highest BCUT2D eigenvalue weighted by molar-refractivity contribution is 4.87. The zero-order valence-corrected chi connectivity index (χ0v) is 11.8. The minimum atomic E-state index is -0.0312. The molecule has 0 aliphatic carbocycles. The minimum absolute atomic E-state index is 0.0312. The third-order valence-corrected chi connectivity index (χ3v) is 3.72. The van der Waals surface area contributed by atoms with Gasteiger partial charge in [0.15, 0.2) is 0 Å². The second-order valence-electron chi connectivity index (χ2n) is 5.64. The molecule has 0 aromatic heterocycles. The zero-order chi connectivity index (χ0) is 12.9. The lowest BCUT2D eigenvalue weighted by molar-refractivity contribution is 0.0417. The van der Waals surface area contributed by atoms with E-state index in [0.717, 1.165) is 32.7 Å². The van der Waals surface area contributed by atoms with Crippen molar-refractivity contribution in [3.05, 3.63) is 0 Å². The molecule has 4 heteroatoms. The van der Waals surface area contributed by atoms with E-state index in [-0.39, 0.29) is 12.0 Å². The van der Waals surface area contributed by atoms with E-state index in [1.165, 1.54) is 0 Å². The second-order valence-corrected chi connectivity index (χ2v) is 5.64. The Morgan fingerprint density at radius 3 is 2.53 bits per heavy atom. The molecule has 102 valence electrons. The lowest BCUT2D eigenvalue weighted by atomic mass is 9.87. The molecule has 1 heterocycles. The highest BCUT2D eigenvalue weighted by Crippen LogP contribution is 2.29. The molecule has 1 fully saturated rings. The lowest BCUT2D eigenvalue weighted by Crippen LogP contribution is -2.47. The van der Waals surface area contributed by atoms with Crippen LogP contribution < -0.4 is 0 Å². The number of hydrogen-bond acceptors (Lipinski definition) is 4. The summed E-state index contributed by atoms with van der Waals surface area (Å²) in [5, 5.41) is 9.61. The average Bonchev–Trinajstić information content (AvgIpc) is 2.74. The second kappa shape index (κ2) is 6.69. The van der Waals surface area contributed by atoms with Gasteiger partial charge in [-0.25, -0.2) is 0 Å². The van der Waals surface area contributed by atoms with E-state index in [9.17, 15) is 5.11 Å². The molecule has 0 aromatic rings. The summed E-state index contributed by atoms with van der Waals surface area (Å²) in [7, 11) is 4.20. The van der Waals surface area contributed by atoms with Gasteiger partial charge in [0.25, 0.3) is 0 Å². The Hall–Kier alpha value is -0.160. The van der Waals surface area contributed by atoms with Crippen molar-refractivity contribution in [3.8, 4) is 0 Å². The van der Waals surface area contributed by atoms with Gasteiger partial charge in [0, 0.05) is 31.2 Å². The van der Waals surface area contributed by atoms with Crippen molar-refractivity contribution < 1.29 is 9.84 Å². The average molecular weight is 244 g/mol. The quantitative estimate of drug-likeness (QED) is 0.713. The fourth-order valence-corrected chi connectivity index (χ4v) is 2.60. The third kappa shape index (κ3) is 4.21. The van der Waals surface area contributed by atoms with Crippen LogP contribution in [-0.2, 0) is 4.74 Å². The molecule has 2 atom stereocenters. The zero-order valence-electron chi connectivity index (χ0n) is 11.8. The number of hydrogen-bond donors (Lipinski definition) is 1. The number of aliphatic hydroxyl groups excluding tert-OH is 1. The first-order valence-corrected chi connectivity index (χ1v) is 6.60. The molecule has 1 N–H and O–H groups in total. The molecular formula is C13H28N2O2. The molecule has 17 heavy (non-hydrogen) atoms. The van der Waals surface area contributed by atoms with Crippen molar-refractivity contribution in [3.63, 3.8) is 0 Å². The van der Waals surface area contributed by atoms with Gasteiger partial charge in [0.2, 0.25) is 0 Å². The Morgan fingerprint density at radius 2 is 2.12 bits per heavy atom. The van der Waals surface area contributed by atoms with E-state index in [1.54, 1.807) is 0 Å². The summed E-state index contributed by atoms with van der Waals surface area (Å²) in [6, 6.07) is 0.513. The van der Waals surface area contributed by atoms with Gasteiger partial charge in [-0.05, 0) is 34.0 Å². The summed E-state index contributed by atoms with van der Waals surface area (Å²) in [5.74, 6) is 0. The van der Waals surface area contributed by atoms with Crippen molar-refractivity contribution in [1.29, 1.82) is 0 Å². The maximum atomic E-state index is 9.61. The maximum Gasteiger partial charge on any atom is 0.0557 e. The van der Waals surface area contributed by atoms with Crippen molar-refractivity contribution in [2.45, 2.75) is 26.3 Å². The van der Waals surface area contributed by atoms with E-state index < -0.39 is 0 Å². The van der Waals surface area contributed by atoms with E-state index in [0.29, 0.717) is 12.6 Å².